The highest BCUT2D eigenvalue weighted by atomic mass is 127. The SMILES string of the molecule is C1CNCCN1.NCCCCCN.NCCN.NCCN(CN)CCN.NCCN1CCN(CCN)C1=O.NCCN1CCN(CCN)CC1.NCCN1CCNC1=O.NCCN1CCNCC1.NCCNCCN1CCNCC1.NCCNCCNCCN.NCCNCN1CCNC1=O.O=C1NCCN1.PPI. The number of piperazine rings is 4. The van der Waals surface area contributed by atoms with Gasteiger partial charge in [-0.3, -0.25) is 29.8 Å². The van der Waals surface area contributed by atoms with Crippen LogP contribution in [0.4, 0.5) is 19.2 Å². The number of urea groups is 4. The van der Waals surface area contributed by atoms with Gasteiger partial charge in [0.2, 0.25) is 0 Å². The summed E-state index contributed by atoms with van der Waals surface area (Å²) in [5.41, 5.74) is 89.7. The van der Waals surface area contributed by atoms with Gasteiger partial charge in [-0.15, -0.1) is 8.93 Å². The first kappa shape index (κ1) is 116. The molecule has 0 saturated carbocycles. The number of nitrogens with two attached hydrogens (primary N) is 17. The Labute approximate surface area is 681 Å². The number of amides is 8. The minimum absolute atomic E-state index is 0.00882. The maximum absolute atomic E-state index is 11.4. The maximum Gasteiger partial charge on any atom is 0.320 e. The van der Waals surface area contributed by atoms with Crippen molar-refractivity contribution in [3.8, 4) is 0 Å². The number of hydrogen-bond donors (Lipinski definition) is 29. The third kappa shape index (κ3) is 82.0. The molecule has 8 saturated heterocycles. The third-order valence-corrected chi connectivity index (χ3v) is 16.0. The molecule has 8 amide bonds. The zero-order valence-corrected chi connectivity index (χ0v) is 72.4. The van der Waals surface area contributed by atoms with Crippen molar-refractivity contribution in [2.75, 3.05) is 380 Å². The zero-order valence-electron chi connectivity index (χ0n) is 68.1. The van der Waals surface area contributed by atoms with Crippen molar-refractivity contribution in [2.24, 2.45) is 97.5 Å². The topological polar surface area (TPSA) is 684 Å². The van der Waals surface area contributed by atoms with Gasteiger partial charge in [-0.25, -0.2) is 19.2 Å². The van der Waals surface area contributed by atoms with E-state index in [0.29, 0.717) is 98.4 Å². The molecule has 8 rings (SSSR count). The number of unbranched alkanes of at least 4 members (excludes halogenated alkanes) is 2. The van der Waals surface area contributed by atoms with Gasteiger partial charge >= 0.3 is 24.1 Å². The van der Waals surface area contributed by atoms with Crippen molar-refractivity contribution in [1.29, 1.82) is 0 Å². The van der Waals surface area contributed by atoms with Crippen LogP contribution in [0.3, 0.4) is 0 Å². The second kappa shape index (κ2) is 97.1. The van der Waals surface area contributed by atoms with Gasteiger partial charge in [0, 0.05) is 360 Å². The first-order valence-corrected chi connectivity index (χ1v) is 45.9. The first-order chi connectivity index (χ1) is 53.6. The summed E-state index contributed by atoms with van der Waals surface area (Å²) in [6.07, 6.45) is 3.43. The Hall–Kier alpha value is -2.53. The van der Waals surface area contributed by atoms with Crippen LogP contribution in [-0.4, -0.2) is 448 Å². The van der Waals surface area contributed by atoms with Crippen LogP contribution in [0, 0.1) is 0 Å². The lowest BCUT2D eigenvalue weighted by Gasteiger charge is -2.34. The average Bonchev–Trinajstić information content (AvgIpc) is 1.73. The molecule has 46 N–H and O–H groups in total. The van der Waals surface area contributed by atoms with E-state index in [1.165, 1.54) is 19.5 Å². The number of carbonyl (C=O) groups is 4. The second-order valence-corrected chi connectivity index (χ2v) is 31.5. The van der Waals surface area contributed by atoms with Gasteiger partial charge in [0.25, 0.3) is 0 Å². The minimum Gasteiger partial charge on any atom is -0.336 e. The number of rotatable bonds is 38. The van der Waals surface area contributed by atoms with Gasteiger partial charge in [-0.1, -0.05) is 28.5 Å². The summed E-state index contributed by atoms with van der Waals surface area (Å²) in [4.78, 5) is 61.7. The van der Waals surface area contributed by atoms with E-state index in [1.807, 2.05) is 4.90 Å². The lowest BCUT2D eigenvalue weighted by molar-refractivity contribution is 0.138. The van der Waals surface area contributed by atoms with Gasteiger partial charge < -0.3 is 176 Å². The zero-order chi connectivity index (χ0) is 82.8. The van der Waals surface area contributed by atoms with Crippen LogP contribution >= 0.6 is 36.9 Å². The number of carbonyl (C=O) groups excluding carboxylic acids is 4. The van der Waals surface area contributed by atoms with E-state index in [4.69, 9.17) is 97.5 Å². The van der Waals surface area contributed by atoms with Crippen LogP contribution < -0.4 is 161 Å². The third-order valence-electron chi connectivity index (χ3n) is 16.0. The molecule has 8 aliphatic heterocycles. The summed E-state index contributed by atoms with van der Waals surface area (Å²) in [5, 5.41) is 36.3. The molecule has 8 aliphatic rings. The Balaban J connectivity index is -0.000000366. The number of halogens is 1. The van der Waals surface area contributed by atoms with Crippen LogP contribution in [0.1, 0.15) is 19.3 Å². The van der Waals surface area contributed by atoms with Gasteiger partial charge in [0.1, 0.15) is 0 Å². The van der Waals surface area contributed by atoms with E-state index >= 15 is 0 Å². The van der Waals surface area contributed by atoms with Crippen molar-refractivity contribution in [2.45, 2.75) is 19.3 Å². The van der Waals surface area contributed by atoms with E-state index < -0.39 is 0 Å². The van der Waals surface area contributed by atoms with Gasteiger partial charge in [-0.05, 0) is 31.8 Å². The summed E-state index contributed by atoms with van der Waals surface area (Å²) in [7, 11) is 2.59. The standard InChI is InChI=1S/2C8H20N4.C7H16N4O.C6H14N4O.C6H18N4.C6H15N3.C5H16N4.C5H11N3O.C5H14N2.C4H10N2.C3H6N2O.C2H8N2.H3IP2/c9-1-3-11-5-7-12(4-2-10)8-6-11;9-1-2-10-3-6-12-7-4-11-5-8-12;8-1-3-10-5-6-11(4-2-9)7(10)12;7-1-2-8-5-10-4-3-9-6(10)11;7-1-3-9-5-6-10-4-2-8;7-1-4-9-5-2-8-3-6-9;6-1-3-9(5-8)4-2-7;6-1-3-8-4-2-7-5(8)9;6-4-2-1-3-5-7;1-2-6-4-3-5-1;6-3-4-1-2-5-3;3-1-2-4;1-3-2/h1-10H2;10-11H,1-9H2;1-6,8-9H2;8H,1-5,7H2,(H,9,11);9-10H,1-8H2;8H,1-7H2;1-8H2;1-4,6H2,(H,7,9);1-7H2;5-6H,1-4H2;1-2H2,(H2,4,5,6);1-4H2;3H,2H2. The Morgan fingerprint density at radius 3 is 0.955 bits per heavy atom. The fourth-order valence-electron chi connectivity index (χ4n) is 10.1. The van der Waals surface area contributed by atoms with E-state index in [-0.39, 0.29) is 24.1 Å². The molecular weight excluding hydrogens is 1570 g/mol. The lowest BCUT2D eigenvalue weighted by atomic mass is 10.2. The largest absolute Gasteiger partial charge is 0.336 e. The number of nitrogens with one attached hydrogen (secondary N) is 12. The van der Waals surface area contributed by atoms with Crippen LogP contribution in [0.15, 0.2) is 0 Å². The van der Waals surface area contributed by atoms with E-state index in [0.717, 1.165) is 287 Å². The molecule has 0 spiro atoms. The monoisotopic (exact) mass is 1740 g/mol. The van der Waals surface area contributed by atoms with Crippen LogP contribution in [-0.2, 0) is 0 Å². The van der Waals surface area contributed by atoms with Gasteiger partial charge in [-0.2, -0.15) is 0 Å². The molecule has 0 aromatic rings. The summed E-state index contributed by atoms with van der Waals surface area (Å²) < 4.78 is 0. The Bertz CT molecular complexity index is 1760. The highest BCUT2D eigenvalue weighted by molar-refractivity contribution is 14.2. The molecule has 45 heteroatoms. The highest BCUT2D eigenvalue weighted by Gasteiger charge is 2.27. The predicted molar refractivity (Wildman–Crippen MR) is 475 cm³/mol. The minimum atomic E-state index is -0.0463. The van der Waals surface area contributed by atoms with Crippen LogP contribution in [0.2, 0.25) is 0 Å². The Kier molecular flexibility index (Phi) is 102. The Morgan fingerprint density at radius 2 is 0.655 bits per heavy atom. The summed E-state index contributed by atoms with van der Waals surface area (Å²) in [6, 6.07) is 0.0517. The van der Waals surface area contributed by atoms with Crippen LogP contribution in [0.25, 0.3) is 0 Å². The van der Waals surface area contributed by atoms with E-state index in [9.17, 15) is 19.2 Å². The van der Waals surface area contributed by atoms with Crippen molar-refractivity contribution in [1.82, 2.24) is 108 Å². The quantitative estimate of drug-likeness (QED) is 0.0118. The fraction of sp³-hybridized carbons (Fsp3) is 0.938. The molecule has 8 heterocycles. The molecule has 8 fully saturated rings. The predicted octanol–water partition coefficient (Wildman–Crippen LogP) is -12.6. The smallest absolute Gasteiger partial charge is 0.320 e. The summed E-state index contributed by atoms with van der Waals surface area (Å²) in [6.45, 7) is 51.0. The van der Waals surface area contributed by atoms with E-state index in [1.54, 1.807) is 19.6 Å². The number of nitrogens with zero attached hydrogens (tertiary/aromatic N) is 9. The number of hydrogen-bond acceptors (Lipinski definition) is 34. The van der Waals surface area contributed by atoms with Crippen molar-refractivity contribution >= 4 is 61.0 Å². The second-order valence-electron chi connectivity index (χ2n) is 25.0. The van der Waals surface area contributed by atoms with E-state index in [2.05, 4.69) is 114 Å². The van der Waals surface area contributed by atoms with Crippen LogP contribution in [0.5, 0.6) is 0 Å². The molecule has 0 aromatic heterocycles. The molecule has 0 bridgehead atoms. The molecule has 110 heavy (non-hydrogen) atoms. The molecule has 42 nitrogen and oxygen atoms in total. The van der Waals surface area contributed by atoms with Gasteiger partial charge in [0.15, 0.2) is 0 Å². The molecule has 0 aromatic carbocycles. The highest BCUT2D eigenvalue weighted by Crippen LogP contribution is 2.28. The van der Waals surface area contributed by atoms with Crippen molar-refractivity contribution in [3.05, 3.63) is 0 Å². The fourth-order valence-corrected chi connectivity index (χ4v) is 10.1. The summed E-state index contributed by atoms with van der Waals surface area (Å²) in [5.74, 6) is 0.970. The molecule has 0 aliphatic carbocycles. The average molecular weight is 1740 g/mol. The van der Waals surface area contributed by atoms with Gasteiger partial charge in [0.05, 0.1) is 6.67 Å². The normalized spacial score (nSPS) is 16.8. The van der Waals surface area contributed by atoms with Crippen molar-refractivity contribution in [3.63, 3.8) is 0 Å². The Morgan fingerprint density at radius 1 is 0.318 bits per heavy atom. The van der Waals surface area contributed by atoms with Crippen molar-refractivity contribution < 1.29 is 19.2 Å². The maximum atomic E-state index is 11.4. The molecule has 662 valence electrons. The molecular formula is C65H171IN38O4P2. The molecule has 2 unspecified atom stereocenters. The molecule has 0 radical (unpaired) electrons. The lowest BCUT2D eigenvalue weighted by Crippen LogP contribution is -2.48. The molecule has 2 atom stereocenters. The first-order valence-electron chi connectivity index (χ1n) is 40.0. The summed E-state index contributed by atoms with van der Waals surface area (Å²) >= 11 is 2.28.